The standard InChI is InChI=1S/C16H31NO/c1-6-9-15(4)12-18-13-16(5)17-11-8-7-10-14(2)3/h14,17H,4-13H2,1-3H3. The smallest absolute Gasteiger partial charge is 0.0860 e. The van der Waals surface area contributed by atoms with Crippen molar-refractivity contribution in [3.05, 3.63) is 24.4 Å². The summed E-state index contributed by atoms with van der Waals surface area (Å²) in [5.74, 6) is 0.807. The highest BCUT2D eigenvalue weighted by molar-refractivity contribution is 4.96. The molecule has 0 unspecified atom stereocenters. The number of hydrogen-bond acceptors (Lipinski definition) is 2. The molecular formula is C16H31NO. The molecule has 1 N–H and O–H groups in total. The SMILES string of the molecule is C=C(CCC)COCC(=C)NCCCCC(C)C. The third-order valence-electron chi connectivity index (χ3n) is 2.77. The van der Waals surface area contributed by atoms with Crippen LogP contribution >= 0.6 is 0 Å². The normalized spacial score (nSPS) is 10.7. The van der Waals surface area contributed by atoms with Crippen molar-refractivity contribution in [2.75, 3.05) is 19.8 Å². The maximum absolute atomic E-state index is 5.54. The van der Waals surface area contributed by atoms with Crippen molar-refractivity contribution in [2.24, 2.45) is 5.92 Å². The Bertz CT molecular complexity index is 233. The molecule has 0 heterocycles. The summed E-state index contributed by atoms with van der Waals surface area (Å²) in [6, 6.07) is 0. The summed E-state index contributed by atoms with van der Waals surface area (Å²) in [6.07, 6.45) is 5.99. The predicted molar refractivity (Wildman–Crippen MR) is 80.7 cm³/mol. The van der Waals surface area contributed by atoms with Gasteiger partial charge in [0.05, 0.1) is 13.2 Å². The van der Waals surface area contributed by atoms with Crippen molar-refractivity contribution in [1.29, 1.82) is 0 Å². The molecule has 0 spiro atoms. The molecule has 0 saturated heterocycles. The molecule has 0 amide bonds. The maximum Gasteiger partial charge on any atom is 0.0860 e. The van der Waals surface area contributed by atoms with Crippen LogP contribution in [0, 0.1) is 5.92 Å². The molecule has 0 radical (unpaired) electrons. The molecule has 0 aromatic rings. The van der Waals surface area contributed by atoms with Gasteiger partial charge in [0, 0.05) is 12.2 Å². The van der Waals surface area contributed by atoms with Gasteiger partial charge in [-0.15, -0.1) is 0 Å². The van der Waals surface area contributed by atoms with E-state index in [1.54, 1.807) is 0 Å². The van der Waals surface area contributed by atoms with Crippen LogP contribution in [0.25, 0.3) is 0 Å². The minimum atomic E-state index is 0.590. The molecule has 0 rings (SSSR count). The van der Waals surface area contributed by atoms with Crippen molar-refractivity contribution in [2.45, 2.75) is 52.9 Å². The van der Waals surface area contributed by atoms with Crippen LogP contribution in [0.1, 0.15) is 52.9 Å². The largest absolute Gasteiger partial charge is 0.387 e. The second kappa shape index (κ2) is 11.3. The van der Waals surface area contributed by atoms with Gasteiger partial charge in [-0.05, 0) is 18.8 Å². The quantitative estimate of drug-likeness (QED) is 0.414. The zero-order chi connectivity index (χ0) is 13.8. The Labute approximate surface area is 113 Å². The molecule has 0 aromatic heterocycles. The monoisotopic (exact) mass is 253 g/mol. The van der Waals surface area contributed by atoms with E-state index in [1.807, 2.05) is 0 Å². The van der Waals surface area contributed by atoms with E-state index in [9.17, 15) is 0 Å². The summed E-state index contributed by atoms with van der Waals surface area (Å²) in [5, 5.41) is 3.31. The van der Waals surface area contributed by atoms with Crippen molar-refractivity contribution in [3.8, 4) is 0 Å². The molecule has 2 nitrogen and oxygen atoms in total. The summed E-state index contributed by atoms with van der Waals surface area (Å²) < 4.78 is 5.54. The summed E-state index contributed by atoms with van der Waals surface area (Å²) >= 11 is 0. The number of ether oxygens (including phenoxy) is 1. The topological polar surface area (TPSA) is 21.3 Å². The highest BCUT2D eigenvalue weighted by atomic mass is 16.5. The first-order valence-electron chi connectivity index (χ1n) is 7.22. The number of unbranched alkanes of at least 4 members (excludes halogenated alkanes) is 1. The summed E-state index contributed by atoms with van der Waals surface area (Å²) in [7, 11) is 0. The van der Waals surface area contributed by atoms with E-state index in [0.29, 0.717) is 13.2 Å². The van der Waals surface area contributed by atoms with E-state index in [4.69, 9.17) is 4.74 Å². The van der Waals surface area contributed by atoms with Gasteiger partial charge in [0.2, 0.25) is 0 Å². The lowest BCUT2D eigenvalue weighted by Gasteiger charge is -2.11. The fourth-order valence-electron chi connectivity index (χ4n) is 1.74. The zero-order valence-corrected chi connectivity index (χ0v) is 12.6. The van der Waals surface area contributed by atoms with Crippen molar-refractivity contribution < 1.29 is 4.74 Å². The molecule has 0 aliphatic heterocycles. The van der Waals surface area contributed by atoms with Crippen LogP contribution in [-0.4, -0.2) is 19.8 Å². The molecule has 0 saturated carbocycles. The first kappa shape index (κ1) is 17.2. The van der Waals surface area contributed by atoms with E-state index in [2.05, 4.69) is 39.2 Å². The summed E-state index contributed by atoms with van der Waals surface area (Å²) in [5.41, 5.74) is 2.14. The van der Waals surface area contributed by atoms with Gasteiger partial charge in [-0.1, -0.05) is 58.8 Å². The minimum Gasteiger partial charge on any atom is -0.387 e. The van der Waals surface area contributed by atoms with E-state index < -0.39 is 0 Å². The Balaban J connectivity index is 3.35. The van der Waals surface area contributed by atoms with E-state index in [-0.39, 0.29) is 0 Å². The van der Waals surface area contributed by atoms with E-state index >= 15 is 0 Å². The van der Waals surface area contributed by atoms with E-state index in [1.165, 1.54) is 24.8 Å². The van der Waals surface area contributed by atoms with Crippen LogP contribution in [0.3, 0.4) is 0 Å². The molecule has 0 atom stereocenters. The van der Waals surface area contributed by atoms with Crippen molar-refractivity contribution in [1.82, 2.24) is 5.32 Å². The molecule has 106 valence electrons. The van der Waals surface area contributed by atoms with Crippen LogP contribution in [0.2, 0.25) is 0 Å². The molecule has 0 aliphatic rings. The van der Waals surface area contributed by atoms with E-state index in [0.717, 1.165) is 31.0 Å². The molecule has 2 heteroatoms. The molecule has 0 fully saturated rings. The molecule has 18 heavy (non-hydrogen) atoms. The fourth-order valence-corrected chi connectivity index (χ4v) is 1.74. The fraction of sp³-hybridized carbons (Fsp3) is 0.750. The first-order valence-corrected chi connectivity index (χ1v) is 7.22. The van der Waals surface area contributed by atoms with Gasteiger partial charge in [-0.25, -0.2) is 0 Å². The zero-order valence-electron chi connectivity index (χ0n) is 12.6. The third kappa shape index (κ3) is 11.7. The molecule has 0 aliphatic carbocycles. The average molecular weight is 253 g/mol. The van der Waals surface area contributed by atoms with Crippen LogP contribution in [-0.2, 0) is 4.74 Å². The Morgan fingerprint density at radius 1 is 1.17 bits per heavy atom. The van der Waals surface area contributed by atoms with Crippen LogP contribution in [0.4, 0.5) is 0 Å². The predicted octanol–water partition coefficient (Wildman–Crippen LogP) is 4.29. The summed E-state index contributed by atoms with van der Waals surface area (Å²) in [6.45, 7) is 16.9. The van der Waals surface area contributed by atoms with Gasteiger partial charge < -0.3 is 10.1 Å². The first-order chi connectivity index (χ1) is 8.56. The van der Waals surface area contributed by atoms with Gasteiger partial charge in [-0.2, -0.15) is 0 Å². The second-order valence-electron chi connectivity index (χ2n) is 5.41. The molecule has 0 aromatic carbocycles. The molecular weight excluding hydrogens is 222 g/mol. The lowest BCUT2D eigenvalue weighted by molar-refractivity contribution is 0.173. The second-order valence-corrected chi connectivity index (χ2v) is 5.41. The lowest BCUT2D eigenvalue weighted by atomic mass is 10.1. The Morgan fingerprint density at radius 2 is 1.89 bits per heavy atom. The number of rotatable bonds is 12. The summed E-state index contributed by atoms with van der Waals surface area (Å²) in [4.78, 5) is 0. The van der Waals surface area contributed by atoms with Gasteiger partial charge in [-0.3, -0.25) is 0 Å². The highest BCUT2D eigenvalue weighted by Gasteiger charge is 1.97. The highest BCUT2D eigenvalue weighted by Crippen LogP contribution is 2.05. The number of nitrogens with one attached hydrogen (secondary N) is 1. The lowest BCUT2D eigenvalue weighted by Crippen LogP contribution is -2.18. The van der Waals surface area contributed by atoms with Gasteiger partial charge in [0.15, 0.2) is 0 Å². The van der Waals surface area contributed by atoms with Gasteiger partial charge >= 0.3 is 0 Å². The van der Waals surface area contributed by atoms with Crippen LogP contribution in [0.5, 0.6) is 0 Å². The van der Waals surface area contributed by atoms with Crippen molar-refractivity contribution in [3.63, 3.8) is 0 Å². The Hall–Kier alpha value is -0.760. The van der Waals surface area contributed by atoms with Crippen molar-refractivity contribution >= 4 is 0 Å². The van der Waals surface area contributed by atoms with Gasteiger partial charge in [0.1, 0.15) is 0 Å². The van der Waals surface area contributed by atoms with Crippen LogP contribution < -0.4 is 5.32 Å². The third-order valence-corrected chi connectivity index (χ3v) is 2.77. The average Bonchev–Trinajstić information content (AvgIpc) is 2.28. The Kier molecular flexibility index (Phi) is 10.9. The minimum absolute atomic E-state index is 0.590. The van der Waals surface area contributed by atoms with Crippen LogP contribution in [0.15, 0.2) is 24.4 Å². The number of hydrogen-bond donors (Lipinski definition) is 1. The Morgan fingerprint density at radius 3 is 2.50 bits per heavy atom. The molecule has 0 bridgehead atoms. The van der Waals surface area contributed by atoms with Gasteiger partial charge in [0.25, 0.3) is 0 Å². The maximum atomic E-state index is 5.54.